The molecule has 3 nitrogen and oxygen atoms in total. The van der Waals surface area contributed by atoms with E-state index in [4.69, 9.17) is 5.73 Å². The molecule has 21 heavy (non-hydrogen) atoms. The molecule has 0 bridgehead atoms. The van der Waals surface area contributed by atoms with Gasteiger partial charge in [0.2, 0.25) is 0 Å². The number of nitrogens with one attached hydrogen (secondary N) is 2. The predicted octanol–water partition coefficient (Wildman–Crippen LogP) is 3.70. The van der Waals surface area contributed by atoms with Crippen LogP contribution in [0.1, 0.15) is 53.4 Å². The van der Waals surface area contributed by atoms with E-state index in [2.05, 4.69) is 51.1 Å². The lowest BCUT2D eigenvalue weighted by molar-refractivity contribution is 0.377. The fourth-order valence-electron chi connectivity index (χ4n) is 1.83. The van der Waals surface area contributed by atoms with Crippen molar-refractivity contribution in [2.45, 2.75) is 59.4 Å². The largest absolute Gasteiger partial charge is 0.383 e. The number of hydrogen-bond donors (Lipinski definition) is 3. The van der Waals surface area contributed by atoms with Crippen molar-refractivity contribution in [1.82, 2.24) is 10.6 Å². The van der Waals surface area contributed by atoms with E-state index in [1.54, 1.807) is 0 Å². The van der Waals surface area contributed by atoms with Crippen LogP contribution in [0.15, 0.2) is 36.7 Å². The highest BCUT2D eigenvalue weighted by Gasteiger charge is 2.22. The lowest BCUT2D eigenvalue weighted by atomic mass is 9.86. The number of nitrogens with two attached hydrogens (primary N) is 1. The minimum atomic E-state index is 0.0841. The standard InChI is InChI=1S/C18H35N3/c1-8-18(6,7)16(5)21-17(11-9-10-12-19)15(4)20-13-14(2)3/h17,20-21H,2,4-5,8-13,19H2,1,3,6-7H3. The Morgan fingerprint density at radius 2 is 1.81 bits per heavy atom. The molecule has 0 spiro atoms. The van der Waals surface area contributed by atoms with Crippen LogP contribution < -0.4 is 16.4 Å². The van der Waals surface area contributed by atoms with Gasteiger partial charge in [-0.05, 0) is 39.2 Å². The SMILES string of the molecule is C=C(C)CNC(=C)C(CCCCN)NC(=C)C(C)(C)CC. The zero-order valence-electron chi connectivity index (χ0n) is 14.5. The van der Waals surface area contributed by atoms with E-state index in [0.29, 0.717) is 0 Å². The number of hydrogen-bond acceptors (Lipinski definition) is 3. The van der Waals surface area contributed by atoms with E-state index in [-0.39, 0.29) is 11.5 Å². The van der Waals surface area contributed by atoms with Gasteiger partial charge in [-0.2, -0.15) is 0 Å². The Labute approximate surface area is 131 Å². The molecule has 3 heteroatoms. The van der Waals surface area contributed by atoms with Gasteiger partial charge in [0.15, 0.2) is 0 Å². The molecule has 0 rings (SSSR count). The van der Waals surface area contributed by atoms with Crippen LogP contribution >= 0.6 is 0 Å². The van der Waals surface area contributed by atoms with Gasteiger partial charge in [-0.25, -0.2) is 0 Å². The summed E-state index contributed by atoms with van der Waals surface area (Å²) in [4.78, 5) is 0. The number of rotatable bonds is 12. The van der Waals surface area contributed by atoms with Crippen LogP contribution in [-0.4, -0.2) is 19.1 Å². The first-order valence-corrected chi connectivity index (χ1v) is 7.97. The Morgan fingerprint density at radius 1 is 1.19 bits per heavy atom. The summed E-state index contributed by atoms with van der Waals surface area (Å²) >= 11 is 0. The zero-order valence-corrected chi connectivity index (χ0v) is 14.5. The molecule has 0 aromatic rings. The first kappa shape index (κ1) is 19.8. The molecule has 0 aromatic heterocycles. The van der Waals surface area contributed by atoms with Gasteiger partial charge in [0.05, 0.1) is 6.04 Å². The fourth-order valence-corrected chi connectivity index (χ4v) is 1.83. The minimum absolute atomic E-state index is 0.0841. The smallest absolute Gasteiger partial charge is 0.0650 e. The van der Waals surface area contributed by atoms with E-state index < -0.39 is 0 Å². The Balaban J connectivity index is 4.68. The third-order valence-electron chi connectivity index (χ3n) is 4.03. The minimum Gasteiger partial charge on any atom is -0.383 e. The molecule has 1 unspecified atom stereocenters. The number of unbranched alkanes of at least 4 members (excludes halogenated alkanes) is 1. The average Bonchev–Trinajstić information content (AvgIpc) is 2.43. The molecule has 122 valence electrons. The highest BCUT2D eigenvalue weighted by molar-refractivity contribution is 5.13. The third kappa shape index (κ3) is 7.96. The molecule has 0 aliphatic carbocycles. The fraction of sp³-hybridized carbons (Fsp3) is 0.667. The van der Waals surface area contributed by atoms with Crippen LogP contribution in [0.25, 0.3) is 0 Å². The Morgan fingerprint density at radius 3 is 2.29 bits per heavy atom. The quantitative estimate of drug-likeness (QED) is 0.380. The first-order chi connectivity index (χ1) is 9.74. The van der Waals surface area contributed by atoms with E-state index >= 15 is 0 Å². The maximum atomic E-state index is 5.59. The van der Waals surface area contributed by atoms with Gasteiger partial charge in [-0.3, -0.25) is 0 Å². The van der Waals surface area contributed by atoms with Crippen molar-refractivity contribution in [3.05, 3.63) is 36.7 Å². The van der Waals surface area contributed by atoms with Crippen molar-refractivity contribution in [1.29, 1.82) is 0 Å². The highest BCUT2D eigenvalue weighted by Crippen LogP contribution is 2.27. The van der Waals surface area contributed by atoms with Gasteiger partial charge in [-0.15, -0.1) is 0 Å². The molecule has 0 heterocycles. The van der Waals surface area contributed by atoms with Gasteiger partial charge < -0.3 is 16.4 Å². The average molecular weight is 293 g/mol. The molecule has 0 aliphatic heterocycles. The van der Waals surface area contributed by atoms with Crippen molar-refractivity contribution in [3.63, 3.8) is 0 Å². The molecule has 0 aliphatic rings. The van der Waals surface area contributed by atoms with Crippen molar-refractivity contribution in [2.24, 2.45) is 11.1 Å². The first-order valence-electron chi connectivity index (χ1n) is 7.97. The second-order valence-electron chi connectivity index (χ2n) is 6.53. The maximum absolute atomic E-state index is 5.59. The van der Waals surface area contributed by atoms with Crippen LogP contribution in [0.5, 0.6) is 0 Å². The molecule has 0 saturated carbocycles. The van der Waals surface area contributed by atoms with Gasteiger partial charge >= 0.3 is 0 Å². The lowest BCUT2D eigenvalue weighted by Gasteiger charge is -2.32. The highest BCUT2D eigenvalue weighted by atomic mass is 15.0. The van der Waals surface area contributed by atoms with Crippen molar-refractivity contribution in [2.75, 3.05) is 13.1 Å². The summed E-state index contributed by atoms with van der Waals surface area (Å²) in [6, 6.07) is 0.189. The third-order valence-corrected chi connectivity index (χ3v) is 4.03. The molecule has 0 radical (unpaired) electrons. The molecule has 1 atom stereocenters. The number of allylic oxidation sites excluding steroid dienone is 1. The van der Waals surface area contributed by atoms with Crippen LogP contribution in [0.2, 0.25) is 0 Å². The topological polar surface area (TPSA) is 50.1 Å². The molecule has 0 amide bonds. The lowest BCUT2D eigenvalue weighted by Crippen LogP contribution is -2.39. The molecule has 0 saturated heterocycles. The van der Waals surface area contributed by atoms with Crippen molar-refractivity contribution < 1.29 is 0 Å². The zero-order chi connectivity index (χ0) is 16.5. The monoisotopic (exact) mass is 293 g/mol. The molecule has 0 aromatic carbocycles. The Kier molecular flexibility index (Phi) is 9.11. The Hall–Kier alpha value is -1.22. The van der Waals surface area contributed by atoms with Crippen LogP contribution in [0, 0.1) is 5.41 Å². The van der Waals surface area contributed by atoms with Crippen molar-refractivity contribution >= 4 is 0 Å². The normalized spacial score (nSPS) is 12.6. The summed E-state index contributed by atoms with van der Waals surface area (Å²) in [6.45, 7) is 22.4. The van der Waals surface area contributed by atoms with E-state index in [1.165, 1.54) is 0 Å². The second-order valence-corrected chi connectivity index (χ2v) is 6.53. The summed E-state index contributed by atoms with van der Waals surface area (Å²) in [5, 5.41) is 6.92. The summed E-state index contributed by atoms with van der Waals surface area (Å²) < 4.78 is 0. The van der Waals surface area contributed by atoms with Crippen LogP contribution in [-0.2, 0) is 0 Å². The van der Waals surface area contributed by atoms with Crippen molar-refractivity contribution in [3.8, 4) is 0 Å². The molecule has 4 N–H and O–H groups in total. The summed E-state index contributed by atoms with van der Waals surface area (Å²) in [5.41, 5.74) is 8.85. The van der Waals surface area contributed by atoms with Crippen LogP contribution in [0.4, 0.5) is 0 Å². The van der Waals surface area contributed by atoms with Gasteiger partial charge in [-0.1, -0.05) is 46.1 Å². The van der Waals surface area contributed by atoms with E-state index in [9.17, 15) is 0 Å². The molecule has 0 fully saturated rings. The van der Waals surface area contributed by atoms with Gasteiger partial charge in [0.25, 0.3) is 0 Å². The predicted molar refractivity (Wildman–Crippen MR) is 95.0 cm³/mol. The van der Waals surface area contributed by atoms with Gasteiger partial charge in [0, 0.05) is 23.4 Å². The van der Waals surface area contributed by atoms with Crippen LogP contribution in [0.3, 0.4) is 0 Å². The summed E-state index contributed by atoms with van der Waals surface area (Å²) in [7, 11) is 0. The summed E-state index contributed by atoms with van der Waals surface area (Å²) in [6.07, 6.45) is 4.19. The molecular formula is C18H35N3. The van der Waals surface area contributed by atoms with E-state index in [1.807, 2.05) is 6.92 Å². The molecular weight excluding hydrogens is 258 g/mol. The van der Waals surface area contributed by atoms with E-state index in [0.717, 1.165) is 55.7 Å². The summed E-state index contributed by atoms with van der Waals surface area (Å²) in [5.74, 6) is 0. The maximum Gasteiger partial charge on any atom is 0.0650 e. The Bertz CT molecular complexity index is 355. The van der Waals surface area contributed by atoms with Gasteiger partial charge in [0.1, 0.15) is 0 Å². The second kappa shape index (κ2) is 9.67.